The van der Waals surface area contributed by atoms with Gasteiger partial charge in [-0.3, -0.25) is 19.2 Å². The average molecular weight is 434 g/mol. The van der Waals surface area contributed by atoms with Crippen molar-refractivity contribution in [1.29, 1.82) is 0 Å². The summed E-state index contributed by atoms with van der Waals surface area (Å²) in [6, 6.07) is 13.7. The zero-order chi connectivity index (χ0) is 22.7. The lowest BCUT2D eigenvalue weighted by atomic mass is 10.1. The molecule has 2 heterocycles. The maximum absolute atomic E-state index is 13.0. The van der Waals surface area contributed by atoms with Gasteiger partial charge in [0.05, 0.1) is 0 Å². The molecule has 2 saturated heterocycles. The summed E-state index contributed by atoms with van der Waals surface area (Å²) >= 11 is 0. The van der Waals surface area contributed by atoms with Gasteiger partial charge >= 0.3 is 0 Å². The van der Waals surface area contributed by atoms with E-state index in [-0.39, 0.29) is 23.6 Å². The second-order valence-corrected chi connectivity index (χ2v) is 8.09. The predicted molar refractivity (Wildman–Crippen MR) is 120 cm³/mol. The molecule has 0 bridgehead atoms. The Morgan fingerprint density at radius 2 is 1.72 bits per heavy atom. The fraction of sp³-hybridized carbons (Fsp3) is 0.333. The van der Waals surface area contributed by atoms with Crippen LogP contribution in [0.4, 0.5) is 11.4 Å². The number of nitrogens with one attached hydrogen (secondary N) is 2. The van der Waals surface area contributed by atoms with Crippen LogP contribution in [0.3, 0.4) is 0 Å². The number of carbonyl (C=O) groups is 4. The number of carbonyl (C=O) groups excluding carboxylic acids is 4. The third-order valence-electron chi connectivity index (χ3n) is 5.86. The minimum absolute atomic E-state index is 0.102. The molecular weight excluding hydrogens is 408 g/mol. The van der Waals surface area contributed by atoms with Crippen LogP contribution in [0, 0.1) is 0 Å². The van der Waals surface area contributed by atoms with Crippen LogP contribution in [0.25, 0.3) is 0 Å². The number of nitrogens with zero attached hydrogens (tertiary/aromatic N) is 2. The van der Waals surface area contributed by atoms with E-state index < -0.39 is 6.04 Å². The van der Waals surface area contributed by atoms with Crippen molar-refractivity contribution in [1.82, 2.24) is 10.2 Å². The fourth-order valence-corrected chi connectivity index (χ4v) is 3.98. The summed E-state index contributed by atoms with van der Waals surface area (Å²) < 4.78 is 0. The Hall–Kier alpha value is -3.68. The van der Waals surface area contributed by atoms with Crippen LogP contribution in [-0.4, -0.2) is 47.7 Å². The van der Waals surface area contributed by atoms with Crippen LogP contribution in [0.2, 0.25) is 0 Å². The van der Waals surface area contributed by atoms with E-state index in [1.165, 1.54) is 6.92 Å². The van der Waals surface area contributed by atoms with Gasteiger partial charge in [-0.2, -0.15) is 0 Å². The molecule has 0 saturated carbocycles. The number of hydrogen-bond acceptors (Lipinski definition) is 4. The van der Waals surface area contributed by atoms with Crippen molar-refractivity contribution in [3.05, 3.63) is 59.7 Å². The van der Waals surface area contributed by atoms with Crippen LogP contribution in [0.15, 0.2) is 48.5 Å². The van der Waals surface area contributed by atoms with Gasteiger partial charge in [0.1, 0.15) is 6.04 Å². The molecule has 2 fully saturated rings. The predicted octanol–water partition coefficient (Wildman–Crippen LogP) is 2.30. The van der Waals surface area contributed by atoms with Gasteiger partial charge in [-0.15, -0.1) is 0 Å². The van der Waals surface area contributed by atoms with Crippen molar-refractivity contribution in [3.63, 3.8) is 0 Å². The molecule has 2 N–H and O–H groups in total. The summed E-state index contributed by atoms with van der Waals surface area (Å²) in [5, 5.41) is 5.62. The Labute approximate surface area is 186 Å². The summed E-state index contributed by atoms with van der Waals surface area (Å²) in [4.78, 5) is 51.8. The number of amides is 4. The number of rotatable bonds is 6. The summed E-state index contributed by atoms with van der Waals surface area (Å²) in [7, 11) is 0. The zero-order valence-corrected chi connectivity index (χ0v) is 18.0. The van der Waals surface area contributed by atoms with Gasteiger partial charge in [0.2, 0.25) is 17.7 Å². The highest BCUT2D eigenvalue weighted by Gasteiger charge is 2.34. The van der Waals surface area contributed by atoms with Crippen LogP contribution < -0.4 is 15.5 Å². The van der Waals surface area contributed by atoms with E-state index >= 15 is 0 Å². The zero-order valence-electron chi connectivity index (χ0n) is 18.0. The highest BCUT2D eigenvalue weighted by atomic mass is 16.2. The van der Waals surface area contributed by atoms with E-state index in [4.69, 9.17) is 0 Å². The lowest BCUT2D eigenvalue weighted by Gasteiger charge is -2.30. The number of anilines is 2. The van der Waals surface area contributed by atoms with Gasteiger partial charge in [-0.05, 0) is 54.8 Å². The number of β-lactam (4-membered cyclic amide) rings is 1. The Bertz CT molecular complexity index is 1030. The first-order valence-electron chi connectivity index (χ1n) is 10.8. The van der Waals surface area contributed by atoms with E-state index in [0.717, 1.165) is 24.2 Å². The molecule has 0 radical (unpaired) electrons. The number of likely N-dealkylation sites (tertiary alicyclic amines) is 1. The van der Waals surface area contributed by atoms with Crippen LogP contribution >= 0.6 is 0 Å². The van der Waals surface area contributed by atoms with Gasteiger partial charge in [0.15, 0.2) is 0 Å². The van der Waals surface area contributed by atoms with E-state index in [9.17, 15) is 19.2 Å². The van der Waals surface area contributed by atoms with Gasteiger partial charge in [0, 0.05) is 49.9 Å². The molecular formula is C24H26N4O4. The molecule has 2 aliphatic rings. The molecule has 0 aliphatic carbocycles. The van der Waals surface area contributed by atoms with Crippen LogP contribution in [0.5, 0.6) is 0 Å². The lowest BCUT2D eigenvalue weighted by Crippen LogP contribution is -2.43. The first-order valence-corrected chi connectivity index (χ1v) is 10.8. The summed E-state index contributed by atoms with van der Waals surface area (Å²) in [5.41, 5.74) is 2.86. The third-order valence-corrected chi connectivity index (χ3v) is 5.86. The number of hydrogen-bond donors (Lipinski definition) is 2. The van der Waals surface area contributed by atoms with E-state index in [0.29, 0.717) is 37.2 Å². The topological polar surface area (TPSA) is 98.8 Å². The molecule has 4 rings (SSSR count). The summed E-state index contributed by atoms with van der Waals surface area (Å²) in [5.74, 6) is -0.406. The molecule has 2 aromatic carbocycles. The monoisotopic (exact) mass is 434 g/mol. The Morgan fingerprint density at radius 3 is 2.31 bits per heavy atom. The number of benzene rings is 2. The standard InChI is InChI=1S/C24H26N4O4/c1-16(29)25-15-17-4-6-18(7-5-17)24(32)28-13-2-3-21(28)23(31)26-19-8-10-20(11-9-19)27-14-12-22(27)30/h4-11,21H,2-3,12-15H2,1H3,(H,25,29)(H,26,31). The van der Waals surface area contributed by atoms with Crippen molar-refractivity contribution < 1.29 is 19.2 Å². The normalized spacial score (nSPS) is 17.7. The lowest BCUT2D eigenvalue weighted by molar-refractivity contribution is -0.122. The molecule has 2 aromatic rings. The SMILES string of the molecule is CC(=O)NCc1ccc(C(=O)N2CCCC2C(=O)Nc2ccc(N3CCC3=O)cc2)cc1. The molecule has 1 atom stereocenters. The highest BCUT2D eigenvalue weighted by Crippen LogP contribution is 2.25. The third kappa shape index (κ3) is 4.64. The molecule has 0 spiro atoms. The molecule has 166 valence electrons. The molecule has 8 heteroatoms. The minimum atomic E-state index is -0.529. The van der Waals surface area contributed by atoms with Crippen LogP contribution in [0.1, 0.15) is 42.1 Å². The minimum Gasteiger partial charge on any atom is -0.352 e. The summed E-state index contributed by atoms with van der Waals surface area (Å²) in [6.07, 6.45) is 1.95. The van der Waals surface area contributed by atoms with Crippen molar-refractivity contribution in [2.45, 2.75) is 38.8 Å². The van der Waals surface area contributed by atoms with Gasteiger partial charge in [-0.1, -0.05) is 12.1 Å². The largest absolute Gasteiger partial charge is 0.352 e. The Balaban J connectivity index is 1.38. The molecule has 2 aliphatic heterocycles. The molecule has 32 heavy (non-hydrogen) atoms. The van der Waals surface area contributed by atoms with Crippen molar-refractivity contribution in [2.24, 2.45) is 0 Å². The van der Waals surface area contributed by atoms with Crippen molar-refractivity contribution in [2.75, 3.05) is 23.3 Å². The molecule has 1 unspecified atom stereocenters. The van der Waals surface area contributed by atoms with Gasteiger partial charge < -0.3 is 20.4 Å². The van der Waals surface area contributed by atoms with Crippen molar-refractivity contribution in [3.8, 4) is 0 Å². The smallest absolute Gasteiger partial charge is 0.254 e. The van der Waals surface area contributed by atoms with Crippen LogP contribution in [-0.2, 0) is 20.9 Å². The fourth-order valence-electron chi connectivity index (χ4n) is 3.98. The van der Waals surface area contributed by atoms with Crippen molar-refractivity contribution >= 4 is 35.0 Å². The molecule has 0 aromatic heterocycles. The Kier molecular flexibility index (Phi) is 6.20. The second kappa shape index (κ2) is 9.21. The molecule has 4 amide bonds. The van der Waals surface area contributed by atoms with E-state index in [1.54, 1.807) is 46.2 Å². The molecule has 8 nitrogen and oxygen atoms in total. The van der Waals surface area contributed by atoms with Gasteiger partial charge in [0.25, 0.3) is 5.91 Å². The maximum Gasteiger partial charge on any atom is 0.254 e. The first-order chi connectivity index (χ1) is 15.4. The first kappa shape index (κ1) is 21.5. The quantitative estimate of drug-likeness (QED) is 0.682. The maximum atomic E-state index is 13.0. The highest BCUT2D eigenvalue weighted by molar-refractivity contribution is 6.02. The Morgan fingerprint density at radius 1 is 1.00 bits per heavy atom. The average Bonchev–Trinajstić information content (AvgIpc) is 3.28. The second-order valence-electron chi connectivity index (χ2n) is 8.09. The van der Waals surface area contributed by atoms with Gasteiger partial charge in [-0.25, -0.2) is 0 Å². The van der Waals surface area contributed by atoms with E-state index in [2.05, 4.69) is 10.6 Å². The summed E-state index contributed by atoms with van der Waals surface area (Å²) in [6.45, 7) is 3.11. The van der Waals surface area contributed by atoms with E-state index in [1.807, 2.05) is 12.1 Å².